The molecule has 1 aromatic carbocycles. The predicted molar refractivity (Wildman–Crippen MR) is 102 cm³/mol. The monoisotopic (exact) mass is 406 g/mol. The molecule has 150 valence electrons. The molecule has 0 aliphatic rings. The van der Waals surface area contributed by atoms with Crippen LogP contribution in [0.3, 0.4) is 0 Å². The van der Waals surface area contributed by atoms with E-state index in [2.05, 4.69) is 25.0 Å². The Bertz CT molecular complexity index is 1110. The summed E-state index contributed by atoms with van der Waals surface area (Å²) in [5, 5.41) is 21.9. The number of nitrogens with zero attached hydrogens (tertiary/aromatic N) is 5. The molecule has 3 rings (SSSR count). The third kappa shape index (κ3) is 3.96. The largest absolute Gasteiger partial charge is 0.493 e. The molecule has 2 aromatic heterocycles. The summed E-state index contributed by atoms with van der Waals surface area (Å²) in [6.45, 7) is 5.43. The Balaban J connectivity index is 2.11. The molecule has 11 heteroatoms. The zero-order valence-corrected chi connectivity index (χ0v) is 16.9. The number of benzene rings is 1. The van der Waals surface area contributed by atoms with Gasteiger partial charge in [0.2, 0.25) is 10.0 Å². The first-order valence-corrected chi connectivity index (χ1v) is 10.2. The van der Waals surface area contributed by atoms with Crippen molar-refractivity contribution in [3.8, 4) is 17.1 Å². The lowest BCUT2D eigenvalue weighted by molar-refractivity contribution is 0.198. The highest BCUT2D eigenvalue weighted by atomic mass is 32.2. The highest BCUT2D eigenvalue weighted by Crippen LogP contribution is 2.31. The molecule has 0 aliphatic carbocycles. The summed E-state index contributed by atoms with van der Waals surface area (Å²) < 4.78 is 34.6. The van der Waals surface area contributed by atoms with Gasteiger partial charge in [-0.3, -0.25) is 0 Å². The van der Waals surface area contributed by atoms with Gasteiger partial charge in [-0.1, -0.05) is 0 Å². The van der Waals surface area contributed by atoms with Crippen LogP contribution in [0.25, 0.3) is 22.6 Å². The summed E-state index contributed by atoms with van der Waals surface area (Å²) in [6.07, 6.45) is -0.805. The summed E-state index contributed by atoms with van der Waals surface area (Å²) in [5.41, 5.74) is 2.20. The van der Waals surface area contributed by atoms with Gasteiger partial charge in [-0.2, -0.15) is 5.10 Å². The van der Waals surface area contributed by atoms with Gasteiger partial charge in [0.1, 0.15) is 11.3 Å². The topological polar surface area (TPSA) is 132 Å². The first-order chi connectivity index (χ1) is 13.2. The van der Waals surface area contributed by atoms with Crippen molar-refractivity contribution in [3.05, 3.63) is 23.9 Å². The molecule has 2 N–H and O–H groups in total. The molecule has 0 aliphatic heterocycles. The highest BCUT2D eigenvalue weighted by Gasteiger charge is 2.20. The Morgan fingerprint density at radius 3 is 2.75 bits per heavy atom. The van der Waals surface area contributed by atoms with Crippen molar-refractivity contribution < 1.29 is 18.3 Å². The highest BCUT2D eigenvalue weighted by molar-refractivity contribution is 7.89. The number of nitrogens with one attached hydrogen (secondary N) is 1. The van der Waals surface area contributed by atoms with E-state index in [0.29, 0.717) is 34.8 Å². The Morgan fingerprint density at radius 2 is 2.07 bits per heavy atom. The van der Waals surface area contributed by atoms with Crippen LogP contribution in [0.2, 0.25) is 0 Å². The third-order valence-corrected chi connectivity index (χ3v) is 5.41. The lowest BCUT2D eigenvalue weighted by Gasteiger charge is -2.13. The smallest absolute Gasteiger partial charge is 0.240 e. The molecule has 3 aromatic rings. The Kier molecular flexibility index (Phi) is 5.59. The lowest BCUT2D eigenvalue weighted by Crippen LogP contribution is -2.30. The van der Waals surface area contributed by atoms with Crippen LogP contribution in [0, 0.1) is 6.92 Å². The second kappa shape index (κ2) is 7.78. The fourth-order valence-electron chi connectivity index (χ4n) is 2.66. The van der Waals surface area contributed by atoms with Gasteiger partial charge in [0, 0.05) is 13.6 Å². The molecule has 0 saturated carbocycles. The molecule has 2 heterocycles. The summed E-state index contributed by atoms with van der Waals surface area (Å²) in [7, 11) is -2.07. The predicted octanol–water partition coefficient (Wildman–Crippen LogP) is 0.792. The molecule has 0 fully saturated rings. The van der Waals surface area contributed by atoms with E-state index in [4.69, 9.17) is 4.74 Å². The number of hydrogen-bond acceptors (Lipinski definition) is 8. The van der Waals surface area contributed by atoms with E-state index < -0.39 is 16.1 Å². The van der Waals surface area contributed by atoms with Gasteiger partial charge in [-0.15, -0.1) is 10.2 Å². The van der Waals surface area contributed by atoms with Gasteiger partial charge < -0.3 is 9.84 Å². The first-order valence-electron chi connectivity index (χ1n) is 8.72. The number of aliphatic hydroxyl groups is 1. The molecule has 10 nitrogen and oxygen atoms in total. The minimum absolute atomic E-state index is 0.0122. The molecule has 0 radical (unpaired) electrons. The van der Waals surface area contributed by atoms with Gasteiger partial charge in [0.25, 0.3) is 0 Å². The number of aromatic nitrogens is 5. The zero-order valence-electron chi connectivity index (χ0n) is 16.0. The van der Waals surface area contributed by atoms with Crippen LogP contribution >= 0.6 is 0 Å². The molecule has 0 spiro atoms. The van der Waals surface area contributed by atoms with Crippen molar-refractivity contribution in [2.24, 2.45) is 7.05 Å². The molecule has 0 saturated heterocycles. The molecule has 0 bridgehead atoms. The summed E-state index contributed by atoms with van der Waals surface area (Å²) in [6, 6.07) is 4.42. The molecular weight excluding hydrogens is 384 g/mol. The molecule has 28 heavy (non-hydrogen) atoms. The van der Waals surface area contributed by atoms with E-state index in [-0.39, 0.29) is 17.3 Å². The van der Waals surface area contributed by atoms with Crippen molar-refractivity contribution in [1.29, 1.82) is 0 Å². The fraction of sp³-hybridized carbons (Fsp3) is 0.412. The second-order valence-electron chi connectivity index (χ2n) is 6.31. The number of sulfonamides is 1. The van der Waals surface area contributed by atoms with Crippen LogP contribution in [0.4, 0.5) is 0 Å². The van der Waals surface area contributed by atoms with E-state index >= 15 is 0 Å². The molecule has 1 atom stereocenters. The van der Waals surface area contributed by atoms with Crippen LogP contribution < -0.4 is 9.46 Å². The maximum Gasteiger partial charge on any atom is 0.240 e. The van der Waals surface area contributed by atoms with Crippen molar-refractivity contribution in [1.82, 2.24) is 29.7 Å². The maximum absolute atomic E-state index is 12.5. The molecule has 0 amide bonds. The normalized spacial score (nSPS) is 13.0. The average molecular weight is 406 g/mol. The Hall–Kier alpha value is -2.63. The van der Waals surface area contributed by atoms with E-state index in [1.165, 1.54) is 19.1 Å². The van der Waals surface area contributed by atoms with Crippen molar-refractivity contribution >= 4 is 21.2 Å². The SMILES string of the molecule is CCOc1ccc(S(=O)(=O)NC[C@@H](C)O)cc1-c1nnc2c(n1)c(C)nn2C. The number of aryl methyl sites for hydroxylation is 2. The Morgan fingerprint density at radius 1 is 1.32 bits per heavy atom. The molecular formula is C17H22N6O4S. The van der Waals surface area contributed by atoms with Gasteiger partial charge in [-0.25, -0.2) is 22.8 Å². The lowest BCUT2D eigenvalue weighted by atomic mass is 10.2. The van der Waals surface area contributed by atoms with Gasteiger partial charge in [-0.05, 0) is 39.0 Å². The quantitative estimate of drug-likeness (QED) is 0.589. The van der Waals surface area contributed by atoms with Crippen LogP contribution in [-0.4, -0.2) is 57.7 Å². The number of aliphatic hydroxyl groups excluding tert-OH is 1. The maximum atomic E-state index is 12.5. The van der Waals surface area contributed by atoms with Crippen molar-refractivity contribution in [2.75, 3.05) is 13.2 Å². The summed E-state index contributed by atoms with van der Waals surface area (Å²) in [4.78, 5) is 4.53. The third-order valence-electron chi connectivity index (χ3n) is 3.99. The van der Waals surface area contributed by atoms with Crippen LogP contribution in [0.5, 0.6) is 5.75 Å². The zero-order chi connectivity index (χ0) is 20.5. The van der Waals surface area contributed by atoms with Crippen LogP contribution in [0.1, 0.15) is 19.5 Å². The van der Waals surface area contributed by atoms with Crippen LogP contribution in [-0.2, 0) is 17.1 Å². The second-order valence-corrected chi connectivity index (χ2v) is 8.08. The van der Waals surface area contributed by atoms with E-state index in [0.717, 1.165) is 0 Å². The van der Waals surface area contributed by atoms with Gasteiger partial charge in [0.05, 0.1) is 28.9 Å². The van der Waals surface area contributed by atoms with E-state index in [9.17, 15) is 13.5 Å². The van der Waals surface area contributed by atoms with Crippen LogP contribution in [0.15, 0.2) is 23.1 Å². The summed E-state index contributed by atoms with van der Waals surface area (Å²) >= 11 is 0. The number of rotatable bonds is 7. The van der Waals surface area contributed by atoms with Crippen molar-refractivity contribution in [2.45, 2.75) is 31.8 Å². The van der Waals surface area contributed by atoms with E-state index in [1.807, 2.05) is 13.8 Å². The van der Waals surface area contributed by atoms with Gasteiger partial charge >= 0.3 is 0 Å². The Labute approximate surface area is 162 Å². The van der Waals surface area contributed by atoms with E-state index in [1.54, 1.807) is 17.8 Å². The number of fused-ring (bicyclic) bond motifs is 1. The summed E-state index contributed by atoms with van der Waals surface area (Å²) in [5.74, 6) is 0.680. The fourth-order valence-corrected chi connectivity index (χ4v) is 3.81. The average Bonchev–Trinajstić information content (AvgIpc) is 2.94. The number of hydrogen-bond donors (Lipinski definition) is 2. The minimum atomic E-state index is -3.82. The first kappa shape index (κ1) is 20.1. The number of ether oxygens (including phenoxy) is 1. The minimum Gasteiger partial charge on any atom is -0.493 e. The molecule has 0 unspecified atom stereocenters. The van der Waals surface area contributed by atoms with Crippen molar-refractivity contribution in [3.63, 3.8) is 0 Å². The van der Waals surface area contributed by atoms with Gasteiger partial charge in [0.15, 0.2) is 11.5 Å². The standard InChI is InChI=1S/C17H22N6O4S/c1-5-27-14-7-6-12(28(25,26)18-9-10(2)24)8-13(14)16-19-15-11(3)22-23(4)17(15)21-20-16/h6-8,10,18,24H,5,9H2,1-4H3/t10-/m1/s1.